The van der Waals surface area contributed by atoms with Crippen molar-refractivity contribution in [1.82, 2.24) is 0 Å². The smallest absolute Gasteiger partial charge is 0.238 e. The van der Waals surface area contributed by atoms with Gasteiger partial charge in [-0.2, -0.15) is 0 Å². The first-order valence-corrected chi connectivity index (χ1v) is 4.20. The molecule has 3 nitrogen and oxygen atoms in total. The van der Waals surface area contributed by atoms with Crippen molar-refractivity contribution in [3.63, 3.8) is 0 Å². The number of halogens is 1. The molecule has 0 radical (unpaired) electrons. The monoisotopic (exact) mass is 214 g/mol. The zero-order valence-corrected chi connectivity index (χ0v) is 9.15. The minimum Gasteiger partial charge on any atom is -0.325 e. The number of hydrogen-bond acceptors (Lipinski definition) is 2. The normalized spacial score (nSPS) is 9.07. The summed E-state index contributed by atoms with van der Waals surface area (Å²) in [5.74, 6) is -0.162. The van der Waals surface area contributed by atoms with Crippen LogP contribution >= 0.6 is 12.4 Å². The van der Waals surface area contributed by atoms with Gasteiger partial charge in [0.1, 0.15) is 0 Å². The Kier molecular flexibility index (Phi) is 5.20. The summed E-state index contributed by atoms with van der Waals surface area (Å²) < 4.78 is 0. The molecule has 0 heterocycles. The number of anilines is 1. The fourth-order valence-corrected chi connectivity index (χ4v) is 1.26. The molecule has 0 bridgehead atoms. The van der Waals surface area contributed by atoms with Gasteiger partial charge in [-0.15, -0.1) is 12.4 Å². The van der Waals surface area contributed by atoms with E-state index in [0.717, 1.165) is 16.8 Å². The Bertz CT molecular complexity index is 306. The van der Waals surface area contributed by atoms with Gasteiger partial charge >= 0.3 is 0 Å². The van der Waals surface area contributed by atoms with E-state index in [2.05, 4.69) is 11.4 Å². The Hall–Kier alpha value is -1.06. The first-order chi connectivity index (χ1) is 6.11. The van der Waals surface area contributed by atoms with Crippen LogP contribution in [0.25, 0.3) is 0 Å². The highest BCUT2D eigenvalue weighted by Gasteiger charge is 1.99. The van der Waals surface area contributed by atoms with Gasteiger partial charge in [-0.25, -0.2) is 0 Å². The van der Waals surface area contributed by atoms with Crippen LogP contribution < -0.4 is 11.1 Å². The topological polar surface area (TPSA) is 55.1 Å². The lowest BCUT2D eigenvalue weighted by molar-refractivity contribution is -0.114. The van der Waals surface area contributed by atoms with Crippen molar-refractivity contribution < 1.29 is 4.79 Å². The second-order valence-corrected chi connectivity index (χ2v) is 3.13. The van der Waals surface area contributed by atoms with Crippen LogP contribution in [0.4, 0.5) is 5.69 Å². The first-order valence-electron chi connectivity index (χ1n) is 4.20. The quantitative estimate of drug-likeness (QED) is 0.786. The summed E-state index contributed by atoms with van der Waals surface area (Å²) in [5, 5.41) is 2.71. The summed E-state index contributed by atoms with van der Waals surface area (Å²) in [5.41, 5.74) is 8.26. The Labute approximate surface area is 90.1 Å². The summed E-state index contributed by atoms with van der Waals surface area (Å²) in [7, 11) is 0. The van der Waals surface area contributed by atoms with Crippen molar-refractivity contribution in [2.45, 2.75) is 13.8 Å². The third-order valence-corrected chi connectivity index (χ3v) is 1.69. The second-order valence-electron chi connectivity index (χ2n) is 3.13. The summed E-state index contributed by atoms with van der Waals surface area (Å²) in [6, 6.07) is 5.89. The molecular formula is C10H15ClN2O. The van der Waals surface area contributed by atoms with Crippen LogP contribution in [0, 0.1) is 13.8 Å². The highest BCUT2D eigenvalue weighted by atomic mass is 35.5. The van der Waals surface area contributed by atoms with Crippen LogP contribution in [0.1, 0.15) is 11.1 Å². The van der Waals surface area contributed by atoms with Gasteiger partial charge in [-0.1, -0.05) is 6.07 Å². The maximum Gasteiger partial charge on any atom is 0.238 e. The average Bonchev–Trinajstić information content (AvgIpc) is 2.02. The molecule has 1 rings (SSSR count). The Morgan fingerprint density at radius 2 is 1.79 bits per heavy atom. The van der Waals surface area contributed by atoms with Crippen LogP contribution in [-0.4, -0.2) is 12.5 Å². The zero-order chi connectivity index (χ0) is 9.84. The van der Waals surface area contributed by atoms with E-state index in [4.69, 9.17) is 5.73 Å². The summed E-state index contributed by atoms with van der Waals surface area (Å²) in [4.78, 5) is 11.0. The summed E-state index contributed by atoms with van der Waals surface area (Å²) in [6.07, 6.45) is 0. The van der Waals surface area contributed by atoms with Crippen LogP contribution in [-0.2, 0) is 4.79 Å². The standard InChI is InChI=1S/C10H14N2O.ClH/c1-7-3-8(2)5-9(4-7)12-10(13)6-11;/h3-5H,6,11H2,1-2H3,(H,12,13);1H. The fourth-order valence-electron chi connectivity index (χ4n) is 1.26. The highest BCUT2D eigenvalue weighted by Crippen LogP contribution is 2.13. The molecule has 14 heavy (non-hydrogen) atoms. The van der Waals surface area contributed by atoms with Crippen molar-refractivity contribution in [1.29, 1.82) is 0 Å². The molecule has 0 aliphatic heterocycles. The molecule has 0 unspecified atom stereocenters. The van der Waals surface area contributed by atoms with Crippen molar-refractivity contribution in [2.24, 2.45) is 5.73 Å². The van der Waals surface area contributed by atoms with Crippen molar-refractivity contribution in [3.05, 3.63) is 29.3 Å². The van der Waals surface area contributed by atoms with Gasteiger partial charge in [0.05, 0.1) is 6.54 Å². The van der Waals surface area contributed by atoms with Gasteiger partial charge in [0.25, 0.3) is 0 Å². The number of nitrogens with one attached hydrogen (secondary N) is 1. The number of aryl methyl sites for hydroxylation is 2. The van der Waals surface area contributed by atoms with Crippen LogP contribution in [0.3, 0.4) is 0 Å². The first kappa shape index (κ1) is 12.9. The predicted molar refractivity (Wildman–Crippen MR) is 60.8 cm³/mol. The van der Waals surface area contributed by atoms with Crippen LogP contribution in [0.5, 0.6) is 0 Å². The lowest BCUT2D eigenvalue weighted by Crippen LogP contribution is -2.21. The Morgan fingerprint density at radius 1 is 1.29 bits per heavy atom. The molecule has 1 amide bonds. The minimum absolute atomic E-state index is 0. The zero-order valence-electron chi connectivity index (χ0n) is 8.33. The maximum absolute atomic E-state index is 11.0. The second kappa shape index (κ2) is 5.62. The van der Waals surface area contributed by atoms with Crippen molar-refractivity contribution in [3.8, 4) is 0 Å². The van der Waals surface area contributed by atoms with E-state index in [0.29, 0.717) is 0 Å². The van der Waals surface area contributed by atoms with Gasteiger partial charge in [0, 0.05) is 5.69 Å². The summed E-state index contributed by atoms with van der Waals surface area (Å²) >= 11 is 0. The molecule has 0 aliphatic carbocycles. The third-order valence-electron chi connectivity index (χ3n) is 1.69. The van der Waals surface area contributed by atoms with Gasteiger partial charge < -0.3 is 11.1 Å². The molecular weight excluding hydrogens is 200 g/mol. The number of benzene rings is 1. The number of hydrogen-bond donors (Lipinski definition) is 2. The number of carbonyl (C=O) groups is 1. The van der Waals surface area contributed by atoms with E-state index < -0.39 is 0 Å². The predicted octanol–water partition coefficient (Wildman–Crippen LogP) is 1.62. The SMILES string of the molecule is Cc1cc(C)cc(NC(=O)CN)c1.Cl. The molecule has 1 aromatic carbocycles. The highest BCUT2D eigenvalue weighted by molar-refractivity contribution is 5.92. The average molecular weight is 215 g/mol. The van der Waals surface area contributed by atoms with E-state index in [1.54, 1.807) is 0 Å². The molecule has 0 fully saturated rings. The number of carbonyl (C=O) groups excluding carboxylic acids is 1. The van der Waals surface area contributed by atoms with Gasteiger partial charge in [0.15, 0.2) is 0 Å². The lowest BCUT2D eigenvalue weighted by Gasteiger charge is -2.05. The molecule has 3 N–H and O–H groups in total. The molecule has 0 spiro atoms. The van der Waals surface area contributed by atoms with Gasteiger partial charge in [0.2, 0.25) is 5.91 Å². The van der Waals surface area contributed by atoms with E-state index in [1.165, 1.54) is 0 Å². The van der Waals surface area contributed by atoms with Crippen molar-refractivity contribution >= 4 is 24.0 Å². The molecule has 78 valence electrons. The third kappa shape index (κ3) is 3.77. The molecule has 1 aromatic rings. The molecule has 4 heteroatoms. The number of amides is 1. The van der Waals surface area contributed by atoms with Gasteiger partial charge in [-0.3, -0.25) is 4.79 Å². The molecule has 0 saturated carbocycles. The fraction of sp³-hybridized carbons (Fsp3) is 0.300. The van der Waals surface area contributed by atoms with E-state index in [9.17, 15) is 4.79 Å². The summed E-state index contributed by atoms with van der Waals surface area (Å²) in [6.45, 7) is 4.00. The Balaban J connectivity index is 0.00000169. The molecule has 0 aromatic heterocycles. The largest absolute Gasteiger partial charge is 0.325 e. The maximum atomic E-state index is 11.0. The Morgan fingerprint density at radius 3 is 2.21 bits per heavy atom. The van der Waals surface area contributed by atoms with Crippen molar-refractivity contribution in [2.75, 3.05) is 11.9 Å². The van der Waals surface area contributed by atoms with Gasteiger partial charge in [-0.05, 0) is 37.1 Å². The van der Waals surface area contributed by atoms with E-state index in [-0.39, 0.29) is 24.9 Å². The van der Waals surface area contributed by atoms with E-state index >= 15 is 0 Å². The van der Waals surface area contributed by atoms with E-state index in [1.807, 2.05) is 26.0 Å². The number of rotatable bonds is 2. The molecule has 0 atom stereocenters. The van der Waals surface area contributed by atoms with Crippen LogP contribution in [0.2, 0.25) is 0 Å². The number of nitrogens with two attached hydrogens (primary N) is 1. The molecule has 0 aliphatic rings. The molecule has 0 saturated heterocycles. The minimum atomic E-state index is -0.162. The lowest BCUT2D eigenvalue weighted by atomic mass is 10.1. The van der Waals surface area contributed by atoms with Crippen LogP contribution in [0.15, 0.2) is 18.2 Å².